The Morgan fingerprint density at radius 3 is 2.88 bits per heavy atom. The third-order valence-electron chi connectivity index (χ3n) is 4.66. The van der Waals surface area contributed by atoms with Crippen LogP contribution in [-0.2, 0) is 13.0 Å². The van der Waals surface area contributed by atoms with Crippen LogP contribution in [0.5, 0.6) is 0 Å². The van der Waals surface area contributed by atoms with Crippen LogP contribution in [0.25, 0.3) is 22.3 Å². The van der Waals surface area contributed by atoms with Gasteiger partial charge in [-0.15, -0.1) is 0 Å². The van der Waals surface area contributed by atoms with Crippen LogP contribution in [0.3, 0.4) is 0 Å². The molecule has 0 aliphatic carbocycles. The summed E-state index contributed by atoms with van der Waals surface area (Å²) in [5.41, 5.74) is 4.38. The van der Waals surface area contributed by atoms with Gasteiger partial charge in [-0.2, -0.15) is 9.36 Å². The summed E-state index contributed by atoms with van der Waals surface area (Å²) in [6.07, 6.45) is 0.895. The second kappa shape index (κ2) is 5.67. The predicted octanol–water partition coefficient (Wildman–Crippen LogP) is 4.39. The summed E-state index contributed by atoms with van der Waals surface area (Å²) in [6, 6.07) is 14.9. The smallest absolute Gasteiger partial charge is 0.205 e. The van der Waals surface area contributed by atoms with Gasteiger partial charge in [-0.25, -0.2) is 4.39 Å². The first kappa shape index (κ1) is 14.6. The van der Waals surface area contributed by atoms with Crippen LogP contribution < -0.4 is 4.90 Å². The highest BCUT2D eigenvalue weighted by atomic mass is 32.1. The molecule has 25 heavy (non-hydrogen) atoms. The number of halogens is 1. The van der Waals surface area contributed by atoms with E-state index in [2.05, 4.69) is 14.3 Å². The van der Waals surface area contributed by atoms with Crippen molar-refractivity contribution in [2.45, 2.75) is 13.0 Å². The second-order valence-electron chi connectivity index (χ2n) is 6.21. The summed E-state index contributed by atoms with van der Waals surface area (Å²) in [5, 5.41) is 1.88. The molecular weight excluding hydrogens is 335 g/mol. The lowest BCUT2D eigenvalue weighted by Crippen LogP contribution is -2.29. The topological polar surface area (TPSA) is 44.8 Å². The average molecular weight is 350 g/mol. The van der Waals surface area contributed by atoms with E-state index in [0.29, 0.717) is 0 Å². The molecule has 0 amide bonds. The molecule has 2 aromatic heterocycles. The lowest BCUT2D eigenvalue weighted by molar-refractivity contribution is 0.629. The van der Waals surface area contributed by atoms with Crippen molar-refractivity contribution in [3.63, 3.8) is 0 Å². The molecule has 0 bridgehead atoms. The maximum absolute atomic E-state index is 13.6. The summed E-state index contributed by atoms with van der Waals surface area (Å²) in [4.78, 5) is 10.4. The van der Waals surface area contributed by atoms with E-state index >= 15 is 0 Å². The first-order chi connectivity index (χ1) is 12.3. The van der Waals surface area contributed by atoms with Gasteiger partial charge in [-0.1, -0.05) is 30.3 Å². The van der Waals surface area contributed by atoms with E-state index < -0.39 is 0 Å². The van der Waals surface area contributed by atoms with Gasteiger partial charge in [-0.3, -0.25) is 0 Å². The van der Waals surface area contributed by atoms with Crippen molar-refractivity contribution < 1.29 is 4.39 Å². The molecule has 6 heteroatoms. The molecule has 5 rings (SSSR count). The molecule has 0 spiro atoms. The van der Waals surface area contributed by atoms with Crippen LogP contribution in [0.15, 0.2) is 48.5 Å². The first-order valence-corrected chi connectivity index (χ1v) is 8.98. The van der Waals surface area contributed by atoms with E-state index in [9.17, 15) is 4.39 Å². The largest absolute Gasteiger partial charge is 0.358 e. The van der Waals surface area contributed by atoms with Crippen molar-refractivity contribution in [3.8, 4) is 11.4 Å². The zero-order chi connectivity index (χ0) is 16.8. The summed E-state index contributed by atoms with van der Waals surface area (Å²) in [5.74, 6) is 0.560. The van der Waals surface area contributed by atoms with Gasteiger partial charge in [0.1, 0.15) is 5.82 Å². The minimum Gasteiger partial charge on any atom is -0.358 e. The van der Waals surface area contributed by atoms with Gasteiger partial charge in [0.15, 0.2) is 5.82 Å². The Hall–Kier alpha value is -2.73. The quantitative estimate of drug-likeness (QED) is 0.583. The fourth-order valence-corrected chi connectivity index (χ4v) is 4.11. The number of nitrogens with zero attached hydrogens (tertiary/aromatic N) is 3. The van der Waals surface area contributed by atoms with Crippen LogP contribution in [0, 0.1) is 5.82 Å². The third-order valence-corrected chi connectivity index (χ3v) is 5.43. The van der Waals surface area contributed by atoms with Gasteiger partial charge in [-0.05, 0) is 18.2 Å². The maximum atomic E-state index is 13.6. The predicted molar refractivity (Wildman–Crippen MR) is 98.4 cm³/mol. The van der Waals surface area contributed by atoms with Gasteiger partial charge < -0.3 is 9.88 Å². The molecule has 0 radical (unpaired) electrons. The molecule has 0 atom stereocenters. The molecule has 0 fully saturated rings. The first-order valence-electron chi connectivity index (χ1n) is 8.21. The van der Waals surface area contributed by atoms with Crippen LogP contribution >= 0.6 is 11.5 Å². The monoisotopic (exact) mass is 350 g/mol. The third kappa shape index (κ3) is 2.49. The van der Waals surface area contributed by atoms with Crippen LogP contribution in [-0.4, -0.2) is 20.9 Å². The standard InChI is InChI=1S/C19H15FN4S/c20-13-6-7-16-14(10-13)15-11-24(9-8-17(15)21-16)19-22-18(23-25-19)12-4-2-1-3-5-12/h1-7,10,21H,8-9,11H2. The summed E-state index contributed by atoms with van der Waals surface area (Å²) >= 11 is 1.42. The number of H-pyrrole nitrogens is 1. The molecule has 0 unspecified atom stereocenters. The highest BCUT2D eigenvalue weighted by molar-refractivity contribution is 7.09. The fraction of sp³-hybridized carbons (Fsp3) is 0.158. The molecule has 0 saturated heterocycles. The van der Waals surface area contributed by atoms with Gasteiger partial charge >= 0.3 is 0 Å². The Bertz CT molecular complexity index is 1050. The van der Waals surface area contributed by atoms with Crippen molar-refractivity contribution in [1.82, 2.24) is 14.3 Å². The van der Waals surface area contributed by atoms with E-state index in [1.807, 2.05) is 36.4 Å². The number of aromatic amines is 1. The normalized spacial score (nSPS) is 14.0. The highest BCUT2D eigenvalue weighted by Crippen LogP contribution is 2.32. The van der Waals surface area contributed by atoms with Gasteiger partial charge in [0, 0.05) is 58.8 Å². The Kier molecular flexibility index (Phi) is 3.31. The number of nitrogens with one attached hydrogen (secondary N) is 1. The Morgan fingerprint density at radius 1 is 1.12 bits per heavy atom. The molecule has 1 aliphatic rings. The summed E-state index contributed by atoms with van der Waals surface area (Å²) < 4.78 is 18.2. The molecule has 0 saturated carbocycles. The number of hydrogen-bond donors (Lipinski definition) is 1. The molecule has 1 aliphatic heterocycles. The number of rotatable bonds is 2. The van der Waals surface area contributed by atoms with E-state index in [1.165, 1.54) is 23.3 Å². The number of fused-ring (bicyclic) bond motifs is 3. The maximum Gasteiger partial charge on any atom is 0.205 e. The lowest BCUT2D eigenvalue weighted by Gasteiger charge is -2.26. The number of hydrogen-bond acceptors (Lipinski definition) is 4. The Morgan fingerprint density at radius 2 is 2.00 bits per heavy atom. The van der Waals surface area contributed by atoms with Crippen LogP contribution in [0.2, 0.25) is 0 Å². The van der Waals surface area contributed by atoms with Crippen molar-refractivity contribution in [3.05, 3.63) is 65.6 Å². The van der Waals surface area contributed by atoms with E-state index in [4.69, 9.17) is 4.98 Å². The zero-order valence-corrected chi connectivity index (χ0v) is 14.2. The van der Waals surface area contributed by atoms with Gasteiger partial charge in [0.25, 0.3) is 0 Å². The number of anilines is 1. The fourth-order valence-electron chi connectivity index (χ4n) is 3.40. The zero-order valence-electron chi connectivity index (χ0n) is 13.4. The summed E-state index contributed by atoms with van der Waals surface area (Å²) in [6.45, 7) is 1.61. The van der Waals surface area contributed by atoms with Crippen LogP contribution in [0.4, 0.5) is 9.52 Å². The molecule has 124 valence electrons. The average Bonchev–Trinajstić information content (AvgIpc) is 3.27. The molecular formula is C19H15FN4S. The number of aromatic nitrogens is 3. The minimum absolute atomic E-state index is 0.200. The highest BCUT2D eigenvalue weighted by Gasteiger charge is 2.23. The Balaban J connectivity index is 1.49. The minimum atomic E-state index is -0.200. The van der Waals surface area contributed by atoms with E-state index in [-0.39, 0.29) is 5.82 Å². The van der Waals surface area contributed by atoms with Gasteiger partial charge in [0.05, 0.1) is 0 Å². The number of benzene rings is 2. The van der Waals surface area contributed by atoms with Crippen molar-refractivity contribution in [1.29, 1.82) is 0 Å². The van der Waals surface area contributed by atoms with Crippen molar-refractivity contribution >= 4 is 27.6 Å². The molecule has 1 N–H and O–H groups in total. The molecule has 2 aromatic carbocycles. The van der Waals surface area contributed by atoms with Crippen molar-refractivity contribution in [2.24, 2.45) is 0 Å². The molecule has 4 aromatic rings. The van der Waals surface area contributed by atoms with Crippen molar-refractivity contribution in [2.75, 3.05) is 11.4 Å². The van der Waals surface area contributed by atoms with Crippen LogP contribution in [0.1, 0.15) is 11.3 Å². The summed E-state index contributed by atoms with van der Waals surface area (Å²) in [7, 11) is 0. The SMILES string of the molecule is Fc1ccc2[nH]c3c(c2c1)CN(c1nc(-c2ccccc2)ns1)CC3. The lowest BCUT2D eigenvalue weighted by atomic mass is 10.0. The molecule has 4 nitrogen and oxygen atoms in total. The van der Waals surface area contributed by atoms with E-state index in [1.54, 1.807) is 6.07 Å². The van der Waals surface area contributed by atoms with Gasteiger partial charge in [0.2, 0.25) is 5.13 Å². The Labute approximate surface area is 148 Å². The second-order valence-corrected chi connectivity index (χ2v) is 6.94. The van der Waals surface area contributed by atoms with E-state index in [0.717, 1.165) is 52.5 Å². The molecule has 3 heterocycles.